The second kappa shape index (κ2) is 5.34. The number of aromatic nitrogens is 4. The molecule has 0 saturated carbocycles. The molecule has 0 amide bonds. The molecule has 0 spiro atoms. The van der Waals surface area contributed by atoms with Crippen molar-refractivity contribution < 1.29 is 4.92 Å². The molecule has 27 heavy (non-hydrogen) atoms. The molecule has 4 aromatic rings. The fourth-order valence-electron chi connectivity index (χ4n) is 3.33. The first-order chi connectivity index (χ1) is 12.7. The van der Waals surface area contributed by atoms with Gasteiger partial charge in [0.25, 0.3) is 16.8 Å². The zero-order chi connectivity index (χ0) is 19.6. The first kappa shape index (κ1) is 16.6. The summed E-state index contributed by atoms with van der Waals surface area (Å²) in [6, 6.07) is 5.66. The minimum Gasteiger partial charge on any atom is -0.296 e. The van der Waals surface area contributed by atoms with E-state index in [2.05, 4.69) is 4.98 Å². The van der Waals surface area contributed by atoms with Crippen LogP contribution < -0.4 is 16.8 Å². The van der Waals surface area contributed by atoms with Crippen LogP contribution >= 0.6 is 0 Å². The van der Waals surface area contributed by atoms with Crippen LogP contribution in [-0.2, 0) is 21.1 Å². The standard InChI is InChI=1S/C17H13N5O5/c1-19-14-12(16(24)21(3)17(25)20(14)2)13-10(15(19)23)6-8-4-5-9(22(26)27)7-11(8)18-13/h4-7H,1-3H3. The maximum Gasteiger partial charge on any atom is 0.332 e. The summed E-state index contributed by atoms with van der Waals surface area (Å²) in [5, 5.41) is 11.9. The predicted octanol–water partition coefficient (Wildman–Crippen LogP) is 0.545. The molecular weight excluding hydrogens is 354 g/mol. The summed E-state index contributed by atoms with van der Waals surface area (Å²) in [5.74, 6) is 0. The Hall–Kier alpha value is -3.82. The average Bonchev–Trinajstić information content (AvgIpc) is 2.65. The van der Waals surface area contributed by atoms with Crippen molar-refractivity contribution in [2.75, 3.05) is 0 Å². The second-order valence-electron chi connectivity index (χ2n) is 6.29. The van der Waals surface area contributed by atoms with Gasteiger partial charge in [-0.1, -0.05) is 0 Å². The molecule has 136 valence electrons. The number of nitro benzene ring substituents is 1. The number of aryl methyl sites for hydroxylation is 2. The van der Waals surface area contributed by atoms with E-state index in [0.717, 1.165) is 4.57 Å². The van der Waals surface area contributed by atoms with E-state index in [-0.39, 0.29) is 33.1 Å². The number of non-ortho nitro benzene ring substituents is 1. The lowest BCUT2D eigenvalue weighted by Gasteiger charge is -2.13. The van der Waals surface area contributed by atoms with Gasteiger partial charge in [-0.15, -0.1) is 0 Å². The largest absolute Gasteiger partial charge is 0.332 e. The van der Waals surface area contributed by atoms with Crippen LogP contribution in [-0.4, -0.2) is 23.6 Å². The number of rotatable bonds is 1. The van der Waals surface area contributed by atoms with Crippen LogP contribution in [0.25, 0.3) is 32.8 Å². The van der Waals surface area contributed by atoms with Crippen molar-refractivity contribution >= 4 is 38.5 Å². The topological polar surface area (TPSA) is 122 Å². The van der Waals surface area contributed by atoms with Crippen molar-refractivity contribution in [1.82, 2.24) is 18.7 Å². The van der Waals surface area contributed by atoms with Crippen molar-refractivity contribution in [3.63, 3.8) is 0 Å². The lowest BCUT2D eigenvalue weighted by molar-refractivity contribution is -0.384. The highest BCUT2D eigenvalue weighted by Gasteiger charge is 2.19. The Morgan fingerprint density at radius 3 is 2.33 bits per heavy atom. The molecule has 1 aromatic carbocycles. The monoisotopic (exact) mass is 367 g/mol. The summed E-state index contributed by atoms with van der Waals surface area (Å²) in [6.45, 7) is 0. The molecule has 0 aliphatic heterocycles. The quantitative estimate of drug-likeness (QED) is 0.209. The Morgan fingerprint density at radius 2 is 1.67 bits per heavy atom. The second-order valence-corrected chi connectivity index (χ2v) is 6.29. The fraction of sp³-hybridized carbons (Fsp3) is 0.176. The number of fused-ring (bicyclic) bond motifs is 4. The van der Waals surface area contributed by atoms with Gasteiger partial charge < -0.3 is 0 Å². The molecule has 10 nitrogen and oxygen atoms in total. The molecule has 10 heteroatoms. The van der Waals surface area contributed by atoms with E-state index in [0.29, 0.717) is 5.39 Å². The Kier molecular flexibility index (Phi) is 3.29. The minimum absolute atomic E-state index is 0.102. The summed E-state index contributed by atoms with van der Waals surface area (Å²) in [5.41, 5.74) is -1.21. The third kappa shape index (κ3) is 2.13. The number of hydrogen-bond donors (Lipinski definition) is 0. The van der Waals surface area contributed by atoms with Gasteiger partial charge in [0.1, 0.15) is 11.0 Å². The van der Waals surface area contributed by atoms with E-state index in [1.807, 2.05) is 0 Å². The predicted molar refractivity (Wildman–Crippen MR) is 99.1 cm³/mol. The van der Waals surface area contributed by atoms with Crippen LogP contribution in [0.2, 0.25) is 0 Å². The van der Waals surface area contributed by atoms with Gasteiger partial charge in [0.05, 0.1) is 21.3 Å². The van der Waals surface area contributed by atoms with Crippen molar-refractivity contribution in [2.45, 2.75) is 0 Å². The van der Waals surface area contributed by atoms with Crippen LogP contribution in [0.1, 0.15) is 0 Å². The number of benzene rings is 1. The molecule has 0 N–H and O–H groups in total. The Labute approximate surface area is 149 Å². The van der Waals surface area contributed by atoms with Crippen molar-refractivity contribution in [3.05, 3.63) is 65.6 Å². The van der Waals surface area contributed by atoms with Crippen LogP contribution in [0.5, 0.6) is 0 Å². The molecule has 3 aromatic heterocycles. The number of nitro groups is 1. The van der Waals surface area contributed by atoms with Crippen LogP contribution in [0, 0.1) is 10.1 Å². The fourth-order valence-corrected chi connectivity index (χ4v) is 3.33. The summed E-state index contributed by atoms with van der Waals surface area (Å²) < 4.78 is 3.38. The van der Waals surface area contributed by atoms with Crippen LogP contribution in [0.15, 0.2) is 38.6 Å². The third-order valence-corrected chi connectivity index (χ3v) is 4.74. The number of nitrogens with zero attached hydrogens (tertiary/aromatic N) is 5. The van der Waals surface area contributed by atoms with E-state index in [9.17, 15) is 24.5 Å². The summed E-state index contributed by atoms with van der Waals surface area (Å²) >= 11 is 0. The highest BCUT2D eigenvalue weighted by Crippen LogP contribution is 2.24. The van der Waals surface area contributed by atoms with E-state index in [4.69, 9.17) is 0 Å². The van der Waals surface area contributed by atoms with Gasteiger partial charge in [0, 0.05) is 38.7 Å². The maximum absolute atomic E-state index is 12.8. The molecule has 0 bridgehead atoms. The molecule has 0 aliphatic rings. The first-order valence-electron chi connectivity index (χ1n) is 7.90. The maximum atomic E-state index is 12.8. The van der Waals surface area contributed by atoms with Crippen molar-refractivity contribution in [2.24, 2.45) is 21.1 Å². The normalized spacial score (nSPS) is 11.5. The average molecular weight is 367 g/mol. The lowest BCUT2D eigenvalue weighted by Crippen LogP contribution is -2.39. The molecule has 3 heterocycles. The van der Waals surface area contributed by atoms with E-state index < -0.39 is 21.7 Å². The molecule has 0 aliphatic carbocycles. The molecule has 0 atom stereocenters. The van der Waals surface area contributed by atoms with Crippen LogP contribution in [0.4, 0.5) is 5.69 Å². The van der Waals surface area contributed by atoms with Gasteiger partial charge in [-0.2, -0.15) is 0 Å². The highest BCUT2D eigenvalue weighted by atomic mass is 16.6. The lowest BCUT2D eigenvalue weighted by atomic mass is 10.1. The molecule has 4 rings (SSSR count). The summed E-state index contributed by atoms with van der Waals surface area (Å²) in [6.07, 6.45) is 0. The Bertz CT molecular complexity index is 1490. The summed E-state index contributed by atoms with van der Waals surface area (Å²) in [7, 11) is 4.28. The number of hydrogen-bond acceptors (Lipinski definition) is 6. The van der Waals surface area contributed by atoms with E-state index in [1.54, 1.807) is 6.07 Å². The van der Waals surface area contributed by atoms with Gasteiger partial charge in [0.2, 0.25) is 0 Å². The molecule has 0 fully saturated rings. The van der Waals surface area contributed by atoms with Gasteiger partial charge in [-0.25, -0.2) is 9.78 Å². The zero-order valence-electron chi connectivity index (χ0n) is 14.6. The zero-order valence-corrected chi connectivity index (χ0v) is 14.6. The van der Waals surface area contributed by atoms with Crippen molar-refractivity contribution in [3.8, 4) is 0 Å². The van der Waals surface area contributed by atoms with Gasteiger partial charge >= 0.3 is 5.69 Å². The first-order valence-corrected chi connectivity index (χ1v) is 7.90. The smallest absolute Gasteiger partial charge is 0.296 e. The van der Waals surface area contributed by atoms with E-state index in [1.165, 1.54) is 48.5 Å². The minimum atomic E-state index is -0.592. The van der Waals surface area contributed by atoms with Crippen molar-refractivity contribution in [1.29, 1.82) is 0 Å². The van der Waals surface area contributed by atoms with Gasteiger partial charge in [0.15, 0.2) is 0 Å². The third-order valence-electron chi connectivity index (χ3n) is 4.74. The SMILES string of the molecule is Cn1c(=O)c2c3nc4cc([N+](=O)[O-])ccc4cc3c(=O)n(C)c2n(C)c1=O. The van der Waals surface area contributed by atoms with E-state index >= 15 is 0 Å². The highest BCUT2D eigenvalue weighted by molar-refractivity contribution is 6.05. The summed E-state index contributed by atoms with van der Waals surface area (Å²) in [4.78, 5) is 52.7. The number of pyridine rings is 2. The van der Waals surface area contributed by atoms with Crippen LogP contribution in [0.3, 0.4) is 0 Å². The van der Waals surface area contributed by atoms with Gasteiger partial charge in [-0.05, 0) is 12.1 Å². The Morgan fingerprint density at radius 1 is 0.963 bits per heavy atom. The molecular formula is C17H13N5O5. The Balaban J connectivity index is 2.36. The molecule has 0 saturated heterocycles. The van der Waals surface area contributed by atoms with Gasteiger partial charge in [-0.3, -0.25) is 33.4 Å². The molecule has 0 radical (unpaired) electrons. The molecule has 0 unspecified atom stereocenters.